The van der Waals surface area contributed by atoms with Gasteiger partial charge in [-0.1, -0.05) is 11.8 Å². The lowest BCUT2D eigenvalue weighted by molar-refractivity contribution is -0.131. The number of hydrogen-bond donors (Lipinski definition) is 1. The van der Waals surface area contributed by atoms with Crippen molar-refractivity contribution >= 4 is 17.7 Å². The van der Waals surface area contributed by atoms with Gasteiger partial charge in [0.05, 0.1) is 0 Å². The smallest absolute Gasteiger partial charge is 0.328 e. The van der Waals surface area contributed by atoms with Crippen LogP contribution < -0.4 is 0 Å². The summed E-state index contributed by atoms with van der Waals surface area (Å²) in [5, 5.41) is 10.7. The second-order valence-electron chi connectivity index (χ2n) is 2.88. The van der Waals surface area contributed by atoms with Crippen LogP contribution in [0.2, 0.25) is 0 Å². The van der Waals surface area contributed by atoms with E-state index in [1.807, 2.05) is 26.0 Å². The summed E-state index contributed by atoms with van der Waals surface area (Å²) >= 11 is 1.30. The summed E-state index contributed by atoms with van der Waals surface area (Å²) < 4.78 is 0. The number of aromatic nitrogens is 1. The summed E-state index contributed by atoms with van der Waals surface area (Å²) in [6.07, 6.45) is 1.10. The summed E-state index contributed by atoms with van der Waals surface area (Å²) in [5.74, 6) is -0.943. The highest BCUT2D eigenvalue weighted by molar-refractivity contribution is 8.02. The van der Waals surface area contributed by atoms with Gasteiger partial charge in [-0.05, 0) is 37.0 Å². The maximum Gasteiger partial charge on any atom is 0.328 e. The molecule has 0 aliphatic carbocycles. The van der Waals surface area contributed by atoms with Gasteiger partial charge >= 0.3 is 5.97 Å². The Hall–Kier alpha value is -1.29. The standard InChI is InChI=1S/C10H11NO2S/c1-7-5-8(2)11-9(6-7)14-4-3-10(12)13/h3-6H,1-2H3,(H,12,13)/b4-3+. The molecule has 1 aromatic rings. The van der Waals surface area contributed by atoms with Gasteiger partial charge in [0.15, 0.2) is 0 Å². The van der Waals surface area contributed by atoms with Crippen molar-refractivity contribution in [3.8, 4) is 0 Å². The van der Waals surface area contributed by atoms with Gasteiger partial charge in [-0.2, -0.15) is 0 Å². The van der Waals surface area contributed by atoms with Gasteiger partial charge in [0.1, 0.15) is 5.03 Å². The summed E-state index contributed by atoms with van der Waals surface area (Å²) in [6, 6.07) is 3.90. The number of rotatable bonds is 3. The van der Waals surface area contributed by atoms with Gasteiger partial charge in [-0.3, -0.25) is 0 Å². The van der Waals surface area contributed by atoms with Crippen molar-refractivity contribution in [1.82, 2.24) is 4.98 Å². The van der Waals surface area contributed by atoms with Crippen LogP contribution in [0.3, 0.4) is 0 Å². The molecule has 0 bridgehead atoms. The third-order valence-corrected chi connectivity index (χ3v) is 2.20. The molecular formula is C10H11NO2S. The number of carboxylic acids is 1. The number of aryl methyl sites for hydroxylation is 2. The molecule has 0 fully saturated rings. The molecule has 0 saturated carbocycles. The SMILES string of the molecule is Cc1cc(C)nc(S/C=C/C(=O)O)c1. The topological polar surface area (TPSA) is 50.2 Å². The lowest BCUT2D eigenvalue weighted by Gasteiger charge is -1.99. The van der Waals surface area contributed by atoms with E-state index in [9.17, 15) is 4.79 Å². The van der Waals surface area contributed by atoms with Crippen LogP contribution in [-0.2, 0) is 4.79 Å². The highest BCUT2D eigenvalue weighted by Gasteiger charge is 1.96. The normalized spacial score (nSPS) is 10.7. The molecule has 0 aliphatic rings. The molecule has 4 heteroatoms. The molecule has 0 aromatic carbocycles. The van der Waals surface area contributed by atoms with Crippen LogP contribution in [-0.4, -0.2) is 16.1 Å². The predicted octanol–water partition coefficient (Wildman–Crippen LogP) is 2.39. The third kappa shape index (κ3) is 3.62. The van der Waals surface area contributed by atoms with Gasteiger partial charge in [0.25, 0.3) is 0 Å². The highest BCUT2D eigenvalue weighted by atomic mass is 32.2. The Morgan fingerprint density at radius 3 is 2.79 bits per heavy atom. The number of carbonyl (C=O) groups is 1. The molecule has 0 unspecified atom stereocenters. The van der Waals surface area contributed by atoms with E-state index in [0.717, 1.165) is 22.4 Å². The van der Waals surface area contributed by atoms with Crippen LogP contribution in [0.25, 0.3) is 0 Å². The Kier molecular flexibility index (Phi) is 3.71. The minimum Gasteiger partial charge on any atom is -0.478 e. The first kappa shape index (κ1) is 10.8. The van der Waals surface area contributed by atoms with Gasteiger partial charge < -0.3 is 5.11 Å². The molecule has 0 radical (unpaired) electrons. The lowest BCUT2D eigenvalue weighted by Crippen LogP contribution is -1.87. The second kappa shape index (κ2) is 4.81. The largest absolute Gasteiger partial charge is 0.478 e. The first-order valence-electron chi connectivity index (χ1n) is 4.09. The van der Waals surface area contributed by atoms with Gasteiger partial charge in [0, 0.05) is 11.8 Å². The molecule has 1 rings (SSSR count). The van der Waals surface area contributed by atoms with Crippen LogP contribution in [0.1, 0.15) is 11.3 Å². The number of thioether (sulfide) groups is 1. The van der Waals surface area contributed by atoms with E-state index in [-0.39, 0.29) is 0 Å². The maximum atomic E-state index is 10.2. The fourth-order valence-electron chi connectivity index (χ4n) is 1.03. The molecule has 0 spiro atoms. The molecule has 14 heavy (non-hydrogen) atoms. The monoisotopic (exact) mass is 209 g/mol. The van der Waals surface area contributed by atoms with Crippen LogP contribution >= 0.6 is 11.8 Å². The zero-order chi connectivity index (χ0) is 10.6. The molecule has 0 amide bonds. The first-order valence-corrected chi connectivity index (χ1v) is 4.97. The maximum absolute atomic E-state index is 10.2. The number of pyridine rings is 1. The Morgan fingerprint density at radius 1 is 1.50 bits per heavy atom. The zero-order valence-corrected chi connectivity index (χ0v) is 8.84. The molecular weight excluding hydrogens is 198 g/mol. The predicted molar refractivity (Wildman–Crippen MR) is 56.3 cm³/mol. The van der Waals surface area contributed by atoms with E-state index in [2.05, 4.69) is 4.98 Å². The molecule has 1 aromatic heterocycles. The van der Waals surface area contributed by atoms with E-state index in [1.54, 1.807) is 0 Å². The lowest BCUT2D eigenvalue weighted by atomic mass is 10.3. The van der Waals surface area contributed by atoms with Crippen LogP contribution in [0.15, 0.2) is 28.6 Å². The van der Waals surface area contributed by atoms with E-state index in [0.29, 0.717) is 0 Å². The van der Waals surface area contributed by atoms with E-state index in [1.165, 1.54) is 17.2 Å². The van der Waals surface area contributed by atoms with Crippen LogP contribution in [0.5, 0.6) is 0 Å². The molecule has 1 heterocycles. The fraction of sp³-hybridized carbons (Fsp3) is 0.200. The van der Waals surface area contributed by atoms with Crippen molar-refractivity contribution < 1.29 is 9.90 Å². The number of nitrogens with zero attached hydrogens (tertiary/aromatic N) is 1. The van der Waals surface area contributed by atoms with Crippen LogP contribution in [0.4, 0.5) is 0 Å². The quantitative estimate of drug-likeness (QED) is 0.613. The molecule has 3 nitrogen and oxygen atoms in total. The van der Waals surface area contributed by atoms with Crippen molar-refractivity contribution in [2.75, 3.05) is 0 Å². The van der Waals surface area contributed by atoms with Gasteiger partial charge in [-0.25, -0.2) is 9.78 Å². The van der Waals surface area contributed by atoms with Crippen molar-refractivity contribution in [1.29, 1.82) is 0 Å². The number of hydrogen-bond acceptors (Lipinski definition) is 3. The molecule has 0 aliphatic heterocycles. The number of carboxylic acid groups (broad SMARTS) is 1. The summed E-state index contributed by atoms with van der Waals surface area (Å²) in [5.41, 5.74) is 2.07. The molecule has 0 saturated heterocycles. The molecule has 1 N–H and O–H groups in total. The Labute approximate surface area is 86.9 Å². The van der Waals surface area contributed by atoms with E-state index >= 15 is 0 Å². The molecule has 74 valence electrons. The minimum absolute atomic E-state index is 0.819. The van der Waals surface area contributed by atoms with Gasteiger partial charge in [0.2, 0.25) is 0 Å². The van der Waals surface area contributed by atoms with Crippen molar-refractivity contribution in [3.05, 3.63) is 34.9 Å². The minimum atomic E-state index is -0.943. The van der Waals surface area contributed by atoms with Gasteiger partial charge in [-0.15, -0.1) is 0 Å². The van der Waals surface area contributed by atoms with Crippen molar-refractivity contribution in [2.45, 2.75) is 18.9 Å². The Morgan fingerprint density at radius 2 is 2.21 bits per heavy atom. The average molecular weight is 209 g/mol. The summed E-state index contributed by atoms with van der Waals surface area (Å²) in [6.45, 7) is 3.90. The first-order chi connectivity index (χ1) is 6.58. The van der Waals surface area contributed by atoms with Crippen molar-refractivity contribution in [2.24, 2.45) is 0 Å². The van der Waals surface area contributed by atoms with E-state index in [4.69, 9.17) is 5.11 Å². The molecule has 0 atom stereocenters. The summed E-state index contributed by atoms with van der Waals surface area (Å²) in [4.78, 5) is 14.5. The van der Waals surface area contributed by atoms with Crippen LogP contribution in [0, 0.1) is 13.8 Å². The average Bonchev–Trinajstić information content (AvgIpc) is 2.01. The Bertz CT molecular complexity index is 354. The number of aliphatic carboxylic acids is 1. The highest BCUT2D eigenvalue weighted by Crippen LogP contribution is 2.18. The fourth-order valence-corrected chi connectivity index (χ4v) is 1.80. The van der Waals surface area contributed by atoms with E-state index < -0.39 is 5.97 Å². The summed E-state index contributed by atoms with van der Waals surface area (Å²) in [7, 11) is 0. The Balaban J connectivity index is 2.72. The second-order valence-corrected chi connectivity index (χ2v) is 3.81. The zero-order valence-electron chi connectivity index (χ0n) is 8.02. The van der Waals surface area contributed by atoms with Crippen molar-refractivity contribution in [3.63, 3.8) is 0 Å². The third-order valence-electron chi connectivity index (χ3n) is 1.47.